The van der Waals surface area contributed by atoms with Crippen LogP contribution in [0.3, 0.4) is 0 Å². The van der Waals surface area contributed by atoms with Crippen molar-refractivity contribution < 1.29 is 14.3 Å². The number of rotatable bonds is 7. The number of hydrogen-bond acceptors (Lipinski definition) is 4. The van der Waals surface area contributed by atoms with E-state index >= 15 is 0 Å². The lowest BCUT2D eigenvalue weighted by molar-refractivity contribution is -0.118. The minimum Gasteiger partial charge on any atom is -0.484 e. The van der Waals surface area contributed by atoms with Crippen molar-refractivity contribution in [2.24, 2.45) is 0 Å². The first kappa shape index (κ1) is 23.1. The first-order valence-corrected chi connectivity index (χ1v) is 10.6. The van der Waals surface area contributed by atoms with Crippen LogP contribution in [0.25, 0.3) is 6.08 Å². The minimum atomic E-state index is -0.508. The Morgan fingerprint density at radius 3 is 2.34 bits per heavy atom. The number of anilines is 2. The summed E-state index contributed by atoms with van der Waals surface area (Å²) in [5.74, 6) is -0.390. The Balaban J connectivity index is 1.57. The van der Waals surface area contributed by atoms with E-state index < -0.39 is 5.91 Å². The molecule has 8 heteroatoms. The topological polar surface area (TPSA) is 91.2 Å². The van der Waals surface area contributed by atoms with Crippen LogP contribution in [0, 0.1) is 11.3 Å². The van der Waals surface area contributed by atoms with Crippen molar-refractivity contribution in [1.29, 1.82) is 5.26 Å². The van der Waals surface area contributed by atoms with E-state index in [0.29, 0.717) is 27.7 Å². The first-order chi connectivity index (χ1) is 15.4. The average molecular weight is 511 g/mol. The monoisotopic (exact) mass is 509 g/mol. The average Bonchev–Trinajstić information content (AvgIpc) is 2.80. The number of hydrogen-bond donors (Lipinski definition) is 2. The summed E-state index contributed by atoms with van der Waals surface area (Å²) in [6.07, 6.45) is 1.47. The summed E-state index contributed by atoms with van der Waals surface area (Å²) >= 11 is 9.34. The van der Waals surface area contributed by atoms with Gasteiger partial charge in [-0.15, -0.1) is 0 Å². The van der Waals surface area contributed by atoms with E-state index in [2.05, 4.69) is 26.6 Å². The molecule has 160 valence electrons. The van der Waals surface area contributed by atoms with Crippen LogP contribution in [0.5, 0.6) is 5.75 Å². The van der Waals surface area contributed by atoms with Crippen LogP contribution in [0.1, 0.15) is 5.56 Å². The molecule has 3 rings (SSSR count). The maximum Gasteiger partial charge on any atom is 0.266 e. The molecule has 3 aromatic rings. The molecule has 0 aliphatic heterocycles. The van der Waals surface area contributed by atoms with E-state index in [0.717, 1.165) is 4.47 Å². The number of nitriles is 1. The first-order valence-electron chi connectivity index (χ1n) is 9.40. The number of benzene rings is 3. The highest BCUT2D eigenvalue weighted by atomic mass is 79.9. The molecule has 0 bridgehead atoms. The van der Waals surface area contributed by atoms with Crippen LogP contribution in [0.2, 0.25) is 5.02 Å². The van der Waals surface area contributed by atoms with Crippen LogP contribution in [0.15, 0.2) is 82.8 Å². The summed E-state index contributed by atoms with van der Waals surface area (Å²) in [4.78, 5) is 24.4. The summed E-state index contributed by atoms with van der Waals surface area (Å²) in [6, 6.07) is 22.5. The molecule has 2 N–H and O–H groups in total. The molecule has 0 saturated carbocycles. The number of carbonyl (C=O) groups is 2. The van der Waals surface area contributed by atoms with Gasteiger partial charge in [0.1, 0.15) is 17.4 Å². The van der Waals surface area contributed by atoms with Crippen LogP contribution in [0.4, 0.5) is 11.4 Å². The molecule has 0 heterocycles. The number of nitrogens with zero attached hydrogens (tertiary/aromatic N) is 1. The molecule has 0 radical (unpaired) electrons. The molecule has 32 heavy (non-hydrogen) atoms. The van der Waals surface area contributed by atoms with Gasteiger partial charge < -0.3 is 15.4 Å². The summed E-state index contributed by atoms with van der Waals surface area (Å²) < 4.78 is 6.36. The Bertz CT molecular complexity index is 1190. The predicted molar refractivity (Wildman–Crippen MR) is 128 cm³/mol. The van der Waals surface area contributed by atoms with Crippen molar-refractivity contribution in [3.63, 3.8) is 0 Å². The van der Waals surface area contributed by atoms with Gasteiger partial charge in [-0.2, -0.15) is 5.26 Å². The Morgan fingerprint density at radius 1 is 1.00 bits per heavy atom. The molecular weight excluding hydrogens is 494 g/mol. The van der Waals surface area contributed by atoms with Crippen LogP contribution >= 0.6 is 27.5 Å². The molecule has 0 aliphatic rings. The summed E-state index contributed by atoms with van der Waals surface area (Å²) in [6.45, 7) is -0.195. The lowest BCUT2D eigenvalue weighted by atomic mass is 10.1. The Morgan fingerprint density at radius 2 is 1.69 bits per heavy atom. The lowest BCUT2D eigenvalue weighted by Gasteiger charge is -2.09. The van der Waals surface area contributed by atoms with Crippen molar-refractivity contribution in [3.05, 3.63) is 93.4 Å². The largest absolute Gasteiger partial charge is 0.484 e. The SMILES string of the molecule is N#C/C(=C\c1ccc(OCC(=O)Nc2ccccc2Cl)cc1)C(=O)Nc1ccc(Br)cc1. The highest BCUT2D eigenvalue weighted by molar-refractivity contribution is 9.10. The number of para-hydroxylation sites is 1. The van der Waals surface area contributed by atoms with E-state index in [4.69, 9.17) is 16.3 Å². The van der Waals surface area contributed by atoms with Gasteiger partial charge in [0.15, 0.2) is 6.61 Å². The van der Waals surface area contributed by atoms with Gasteiger partial charge in [0, 0.05) is 10.2 Å². The van der Waals surface area contributed by atoms with E-state index in [1.807, 2.05) is 6.07 Å². The second-order valence-corrected chi connectivity index (χ2v) is 7.84. The fourth-order valence-electron chi connectivity index (χ4n) is 2.60. The maximum absolute atomic E-state index is 12.4. The van der Waals surface area contributed by atoms with Crippen LogP contribution < -0.4 is 15.4 Å². The molecule has 0 atom stereocenters. The molecule has 0 spiro atoms. The molecule has 0 aromatic heterocycles. The highest BCUT2D eigenvalue weighted by Crippen LogP contribution is 2.21. The number of nitrogens with one attached hydrogen (secondary N) is 2. The van der Waals surface area contributed by atoms with Gasteiger partial charge in [-0.25, -0.2) is 0 Å². The fraction of sp³-hybridized carbons (Fsp3) is 0.0417. The second kappa shape index (κ2) is 11.1. The molecule has 6 nitrogen and oxygen atoms in total. The predicted octanol–water partition coefficient (Wildman–Crippen LogP) is 5.67. The Kier molecular flexibility index (Phi) is 8.03. The van der Waals surface area contributed by atoms with Crippen LogP contribution in [-0.2, 0) is 9.59 Å². The molecule has 3 aromatic carbocycles. The van der Waals surface area contributed by atoms with Gasteiger partial charge in [0.25, 0.3) is 11.8 Å². The van der Waals surface area contributed by atoms with E-state index in [1.54, 1.807) is 72.8 Å². The zero-order valence-corrected chi connectivity index (χ0v) is 19.0. The standard InChI is InChI=1S/C24H17BrClN3O3/c25-18-7-9-19(10-8-18)28-24(31)17(14-27)13-16-5-11-20(12-6-16)32-15-23(30)29-22-4-2-1-3-21(22)26/h1-13H,15H2,(H,28,31)(H,29,30)/b17-13+. The van der Waals surface area contributed by atoms with Gasteiger partial charge >= 0.3 is 0 Å². The molecule has 0 fully saturated rings. The normalized spacial score (nSPS) is 10.7. The van der Waals surface area contributed by atoms with E-state index in [9.17, 15) is 14.9 Å². The van der Waals surface area contributed by atoms with Crippen molar-refractivity contribution in [3.8, 4) is 11.8 Å². The highest BCUT2D eigenvalue weighted by Gasteiger charge is 2.10. The number of halogens is 2. The van der Waals surface area contributed by atoms with Gasteiger partial charge in [0.05, 0.1) is 10.7 Å². The molecule has 0 aliphatic carbocycles. The third-order valence-corrected chi connectivity index (χ3v) is 5.03. The summed E-state index contributed by atoms with van der Waals surface area (Å²) in [5, 5.41) is 15.1. The third kappa shape index (κ3) is 6.71. The maximum atomic E-state index is 12.4. The smallest absolute Gasteiger partial charge is 0.266 e. The van der Waals surface area contributed by atoms with Crippen LogP contribution in [-0.4, -0.2) is 18.4 Å². The van der Waals surface area contributed by atoms with Crippen molar-refractivity contribution in [2.45, 2.75) is 0 Å². The van der Waals surface area contributed by atoms with Gasteiger partial charge in [0.2, 0.25) is 0 Å². The zero-order chi connectivity index (χ0) is 22.9. The second-order valence-electron chi connectivity index (χ2n) is 6.52. The molecule has 0 unspecified atom stereocenters. The minimum absolute atomic E-state index is 0.0410. The number of ether oxygens (including phenoxy) is 1. The Labute approximate surface area is 198 Å². The number of carbonyl (C=O) groups excluding carboxylic acids is 2. The zero-order valence-electron chi connectivity index (χ0n) is 16.6. The Hall–Kier alpha value is -3.60. The van der Waals surface area contributed by atoms with Crippen molar-refractivity contribution in [1.82, 2.24) is 0 Å². The van der Waals surface area contributed by atoms with Gasteiger partial charge in [-0.05, 0) is 60.2 Å². The number of amides is 2. The summed E-state index contributed by atoms with van der Waals surface area (Å²) in [7, 11) is 0. The van der Waals surface area contributed by atoms with Crippen molar-refractivity contribution in [2.75, 3.05) is 17.2 Å². The third-order valence-electron chi connectivity index (χ3n) is 4.18. The fourth-order valence-corrected chi connectivity index (χ4v) is 3.05. The van der Waals surface area contributed by atoms with Crippen molar-refractivity contribution >= 4 is 56.8 Å². The van der Waals surface area contributed by atoms with Gasteiger partial charge in [-0.1, -0.05) is 51.8 Å². The lowest BCUT2D eigenvalue weighted by Crippen LogP contribution is -2.20. The molecular formula is C24H17BrClN3O3. The van der Waals surface area contributed by atoms with Gasteiger partial charge in [-0.3, -0.25) is 9.59 Å². The molecule has 0 saturated heterocycles. The summed E-state index contributed by atoms with van der Waals surface area (Å²) in [5.41, 5.74) is 1.69. The van der Waals surface area contributed by atoms with E-state index in [1.165, 1.54) is 6.08 Å². The quantitative estimate of drug-likeness (QED) is 0.317. The molecule has 2 amide bonds. The van der Waals surface area contributed by atoms with E-state index in [-0.39, 0.29) is 18.1 Å².